The van der Waals surface area contributed by atoms with Crippen molar-refractivity contribution in [2.45, 2.75) is 84.2 Å². The van der Waals surface area contributed by atoms with Crippen LogP contribution in [0.4, 0.5) is 0 Å². The predicted octanol–water partition coefficient (Wildman–Crippen LogP) is 3.45. The molecule has 0 aliphatic carbocycles. The van der Waals surface area contributed by atoms with Crippen LogP contribution in [-0.4, -0.2) is 39.7 Å². The van der Waals surface area contributed by atoms with Crippen molar-refractivity contribution in [1.82, 2.24) is 0 Å². The second-order valence-electron chi connectivity index (χ2n) is 9.76. The third kappa shape index (κ3) is 7.15. The molecule has 0 atom stereocenters. The summed E-state index contributed by atoms with van der Waals surface area (Å²) in [6, 6.07) is 6.30. The molecule has 0 aliphatic rings. The third-order valence-electron chi connectivity index (χ3n) is 5.64. The average molecular weight is 470 g/mol. The summed E-state index contributed by atoms with van der Waals surface area (Å²) in [5.74, 6) is 1.79. The second-order valence-corrected chi connectivity index (χ2v) is 19.2. The van der Waals surface area contributed by atoms with Crippen molar-refractivity contribution in [3.8, 4) is 11.5 Å². The number of hydrogen-bond acceptors (Lipinski definition) is 2. The van der Waals surface area contributed by atoms with Gasteiger partial charge >= 0.3 is 23.1 Å². The van der Waals surface area contributed by atoms with E-state index < -0.39 is 16.6 Å². The maximum Gasteiger partial charge on any atom is 2.00 e. The van der Waals surface area contributed by atoms with Gasteiger partial charge in [-0.1, -0.05) is 53.2 Å². The van der Waals surface area contributed by atoms with Crippen LogP contribution in [0.1, 0.15) is 47.1 Å². The Bertz CT molecular complexity index is 576. The minimum Gasteiger partial charge on any atom is -1.00 e. The molecular weight excluding hydrogens is 433 g/mol. The zero-order valence-electron chi connectivity index (χ0n) is 18.5. The topological polar surface area (TPSA) is 18.5 Å². The molecule has 0 unspecified atom stereocenters. The van der Waals surface area contributed by atoms with Gasteiger partial charge in [0.2, 0.25) is 0 Å². The summed E-state index contributed by atoms with van der Waals surface area (Å²) in [6.45, 7) is 26.7. The van der Waals surface area contributed by atoms with E-state index in [-0.39, 0.29) is 50.1 Å². The van der Waals surface area contributed by atoms with Gasteiger partial charge < -0.3 is 32.8 Å². The van der Waals surface area contributed by atoms with Crippen molar-refractivity contribution in [2.24, 2.45) is 0 Å². The molecule has 0 heterocycles. The molecule has 1 rings (SSSR count). The fourth-order valence-corrected chi connectivity index (χ4v) is 3.77. The van der Waals surface area contributed by atoms with E-state index >= 15 is 0 Å². The summed E-state index contributed by atoms with van der Waals surface area (Å²) in [7, 11) is -3.83. The van der Waals surface area contributed by atoms with E-state index in [0.29, 0.717) is 0 Å². The van der Waals surface area contributed by atoms with Gasteiger partial charge in [0, 0.05) is 0 Å². The summed E-state index contributed by atoms with van der Waals surface area (Å²) >= 11 is 0. The Balaban J connectivity index is 0. The summed E-state index contributed by atoms with van der Waals surface area (Å²) < 4.78 is 13.2. The van der Waals surface area contributed by atoms with Crippen molar-refractivity contribution >= 4 is 39.7 Å². The molecule has 0 aliphatic heterocycles. The van der Waals surface area contributed by atoms with Gasteiger partial charge in [0.25, 0.3) is 16.6 Å². The first-order valence-corrected chi connectivity index (χ1v) is 14.7. The maximum absolute atomic E-state index is 6.61. The van der Waals surface area contributed by atoms with Crippen molar-refractivity contribution in [2.75, 3.05) is 0 Å². The molecule has 2 nitrogen and oxygen atoms in total. The summed E-state index contributed by atoms with van der Waals surface area (Å²) in [4.78, 5) is 0. The average Bonchev–Trinajstić information content (AvgIpc) is 2.37. The van der Waals surface area contributed by atoms with E-state index in [4.69, 9.17) is 8.85 Å². The standard InChI is InChI=1S/C20H37O2Si2.BrH.Mg/c1-12-16-13-14-17(21-23(8,9)19(2,3)4)18(15-16)22-24(10,11)20(5,6)7;;/h13-15H,1,12H2,2-11H3;1H;/q-1;;+2/p-1. The van der Waals surface area contributed by atoms with Gasteiger partial charge in [0.05, 0.1) is 0 Å². The maximum atomic E-state index is 6.61. The Morgan fingerprint density at radius 3 is 1.54 bits per heavy atom. The van der Waals surface area contributed by atoms with Crippen molar-refractivity contribution < 1.29 is 25.8 Å². The first kappa shape index (κ1) is 28.7. The van der Waals surface area contributed by atoms with Gasteiger partial charge in [-0.2, -0.15) is 6.42 Å². The van der Waals surface area contributed by atoms with Crippen LogP contribution < -0.4 is 25.8 Å². The van der Waals surface area contributed by atoms with Crippen LogP contribution >= 0.6 is 0 Å². The van der Waals surface area contributed by atoms with E-state index in [1.165, 1.54) is 5.56 Å². The van der Waals surface area contributed by atoms with Crippen molar-refractivity contribution in [3.63, 3.8) is 0 Å². The Morgan fingerprint density at radius 1 is 0.808 bits per heavy atom. The molecule has 0 bridgehead atoms. The van der Waals surface area contributed by atoms with Gasteiger partial charge in [-0.3, -0.25) is 0 Å². The second kappa shape index (κ2) is 9.81. The third-order valence-corrected chi connectivity index (χ3v) is 14.3. The molecule has 0 N–H and O–H groups in total. The minimum atomic E-state index is -1.92. The molecule has 0 aromatic heterocycles. The van der Waals surface area contributed by atoms with E-state index in [1.54, 1.807) is 0 Å². The monoisotopic (exact) mass is 468 g/mol. The van der Waals surface area contributed by atoms with E-state index in [0.717, 1.165) is 17.9 Å². The van der Waals surface area contributed by atoms with Crippen LogP contribution in [0, 0.1) is 6.92 Å². The molecule has 0 fully saturated rings. The summed E-state index contributed by atoms with van der Waals surface area (Å²) in [5, 5.41) is 0.313. The molecule has 0 amide bonds. The van der Waals surface area contributed by atoms with Crippen molar-refractivity contribution in [3.05, 3.63) is 30.7 Å². The molecule has 1 aromatic rings. The van der Waals surface area contributed by atoms with Crippen LogP contribution in [0.3, 0.4) is 0 Å². The van der Waals surface area contributed by atoms with E-state index in [1.807, 2.05) is 0 Å². The zero-order chi connectivity index (χ0) is 19.0. The van der Waals surface area contributed by atoms with Gasteiger partial charge in [0.15, 0.2) is 0 Å². The predicted molar refractivity (Wildman–Crippen MR) is 117 cm³/mol. The fraction of sp³-hybridized carbons (Fsp3) is 0.650. The Hall–Kier alpha value is 0.500. The van der Waals surface area contributed by atoms with Crippen LogP contribution in [0.5, 0.6) is 11.5 Å². The number of rotatable bonds is 5. The van der Waals surface area contributed by atoms with Gasteiger partial charge in [-0.25, -0.2) is 0 Å². The normalized spacial score (nSPS) is 12.7. The molecule has 146 valence electrons. The van der Waals surface area contributed by atoms with E-state index in [2.05, 4.69) is 92.9 Å². The molecule has 0 spiro atoms. The molecule has 0 radical (unpaired) electrons. The van der Waals surface area contributed by atoms with Gasteiger partial charge in [-0.05, 0) is 48.4 Å². The number of benzene rings is 1. The van der Waals surface area contributed by atoms with Crippen LogP contribution in [0.2, 0.25) is 36.3 Å². The Labute approximate surface area is 191 Å². The molecule has 0 saturated heterocycles. The molecule has 26 heavy (non-hydrogen) atoms. The molecule has 0 saturated carbocycles. The van der Waals surface area contributed by atoms with Crippen molar-refractivity contribution in [1.29, 1.82) is 0 Å². The SMILES string of the molecule is [Br-].[CH2-]Cc1ccc(O[Si](C)(C)C(C)(C)C)c(O[Si](C)(C)C(C)(C)C)c1.[Mg+2]. The minimum absolute atomic E-state index is 0. The largest absolute Gasteiger partial charge is 2.00 e. The van der Waals surface area contributed by atoms with Crippen LogP contribution in [0.15, 0.2) is 18.2 Å². The first-order chi connectivity index (χ1) is 10.6. The fourth-order valence-electron chi connectivity index (χ4n) is 1.73. The van der Waals surface area contributed by atoms with Gasteiger partial charge in [-0.15, -0.1) is 0 Å². The number of hydrogen-bond donors (Lipinski definition) is 0. The molecule has 6 heteroatoms. The zero-order valence-corrected chi connectivity index (χ0v) is 23.5. The Kier molecular flexibility index (Phi) is 10.8. The first-order valence-electron chi connectivity index (χ1n) is 8.91. The van der Waals surface area contributed by atoms with Gasteiger partial charge in [0.1, 0.15) is 11.5 Å². The quantitative estimate of drug-likeness (QED) is 0.486. The van der Waals surface area contributed by atoms with Crippen LogP contribution in [-0.2, 0) is 6.42 Å². The molecular formula is C20H37BrMgO2Si2. The summed E-state index contributed by atoms with van der Waals surface area (Å²) in [5.41, 5.74) is 1.19. The number of halogens is 1. The molecule has 1 aromatic carbocycles. The Morgan fingerprint density at radius 2 is 1.19 bits per heavy atom. The van der Waals surface area contributed by atoms with E-state index in [9.17, 15) is 0 Å². The summed E-state index contributed by atoms with van der Waals surface area (Å²) in [6.07, 6.45) is 0.758. The smallest absolute Gasteiger partial charge is 1.00 e. The van der Waals surface area contributed by atoms with Crippen LogP contribution in [0.25, 0.3) is 0 Å².